The number of aromatic nitrogens is 1. The molecule has 1 N–H and O–H groups in total. The second-order valence-electron chi connectivity index (χ2n) is 6.29. The summed E-state index contributed by atoms with van der Waals surface area (Å²) in [5.41, 5.74) is -1.95. The van der Waals surface area contributed by atoms with Crippen molar-refractivity contribution in [1.82, 2.24) is 9.88 Å². The van der Waals surface area contributed by atoms with E-state index in [-0.39, 0.29) is 31.1 Å². The molecule has 1 aliphatic heterocycles. The van der Waals surface area contributed by atoms with Gasteiger partial charge in [0.05, 0.1) is 17.3 Å². The number of carbonyl (C=O) groups is 1. The number of hydrogen-bond acceptors (Lipinski definition) is 5. The van der Waals surface area contributed by atoms with E-state index in [1.54, 1.807) is 4.90 Å². The number of amides is 1. The van der Waals surface area contributed by atoms with E-state index in [0.717, 1.165) is 12.3 Å². The monoisotopic (exact) mass is 433 g/mol. The Morgan fingerprint density at radius 2 is 1.72 bits per heavy atom. The largest absolute Gasteiger partial charge is 0.417 e. The Kier molecular flexibility index (Phi) is 5.50. The summed E-state index contributed by atoms with van der Waals surface area (Å²) in [5, 5.41) is 0. The van der Waals surface area contributed by atoms with Crippen LogP contribution >= 0.6 is 0 Å². The van der Waals surface area contributed by atoms with Gasteiger partial charge in [0, 0.05) is 26.2 Å². The molecule has 156 valence electrons. The molecule has 0 unspecified atom stereocenters. The van der Waals surface area contributed by atoms with E-state index < -0.39 is 39.1 Å². The lowest BCUT2D eigenvalue weighted by atomic mass is 10.0. The highest BCUT2D eigenvalue weighted by Gasteiger charge is 2.37. The summed E-state index contributed by atoms with van der Waals surface area (Å²) in [7, 11) is -4.38. The second kappa shape index (κ2) is 7.59. The van der Waals surface area contributed by atoms with E-state index >= 15 is 0 Å². The number of hydrogen-bond donors (Lipinski definition) is 1. The number of nitrogens with zero attached hydrogens (tertiary/aromatic N) is 3. The van der Waals surface area contributed by atoms with Crippen molar-refractivity contribution in [2.45, 2.75) is 11.1 Å². The SMILES string of the molecule is O=C(c1cc(F)ccc1C(F)(F)F)N1CCN(c2ccc(S(=O)(=O)O)cn2)CC1. The predicted molar refractivity (Wildman–Crippen MR) is 93.6 cm³/mol. The molecule has 3 rings (SSSR count). The van der Waals surface area contributed by atoms with Crippen molar-refractivity contribution < 1.29 is 35.3 Å². The molecule has 1 aliphatic rings. The second-order valence-corrected chi connectivity index (χ2v) is 7.72. The van der Waals surface area contributed by atoms with Gasteiger partial charge in [-0.15, -0.1) is 0 Å². The number of halogens is 4. The first-order valence-electron chi connectivity index (χ1n) is 8.31. The zero-order chi connectivity index (χ0) is 21.4. The molecule has 1 saturated heterocycles. The maximum Gasteiger partial charge on any atom is 0.417 e. The molecule has 0 radical (unpaired) electrons. The quantitative estimate of drug-likeness (QED) is 0.591. The molecule has 29 heavy (non-hydrogen) atoms. The van der Waals surface area contributed by atoms with Crippen LogP contribution in [-0.4, -0.2) is 54.9 Å². The summed E-state index contributed by atoms with van der Waals surface area (Å²) in [6.07, 6.45) is -3.82. The number of piperazine rings is 1. The van der Waals surface area contributed by atoms with Gasteiger partial charge in [-0.3, -0.25) is 9.35 Å². The van der Waals surface area contributed by atoms with Gasteiger partial charge in [-0.2, -0.15) is 21.6 Å². The smallest absolute Gasteiger partial charge is 0.353 e. The third-order valence-electron chi connectivity index (χ3n) is 4.43. The molecular formula is C17H15F4N3O4S. The minimum Gasteiger partial charge on any atom is -0.353 e. The van der Waals surface area contributed by atoms with Gasteiger partial charge >= 0.3 is 6.18 Å². The normalized spacial score (nSPS) is 15.5. The summed E-state index contributed by atoms with van der Waals surface area (Å²) in [5.74, 6) is -1.49. The fraction of sp³-hybridized carbons (Fsp3) is 0.294. The summed E-state index contributed by atoms with van der Waals surface area (Å²) >= 11 is 0. The van der Waals surface area contributed by atoms with Crippen molar-refractivity contribution >= 4 is 21.8 Å². The van der Waals surface area contributed by atoms with E-state index in [4.69, 9.17) is 4.55 Å². The van der Waals surface area contributed by atoms with E-state index in [0.29, 0.717) is 24.0 Å². The molecule has 0 atom stereocenters. The van der Waals surface area contributed by atoms with Crippen LogP contribution in [0.5, 0.6) is 0 Å². The molecule has 0 spiro atoms. The van der Waals surface area contributed by atoms with Crippen LogP contribution in [0.2, 0.25) is 0 Å². The molecular weight excluding hydrogens is 418 g/mol. The van der Waals surface area contributed by atoms with Crippen LogP contribution in [0.15, 0.2) is 41.4 Å². The molecule has 1 aromatic carbocycles. The number of alkyl halides is 3. The molecule has 1 fully saturated rings. The van der Waals surface area contributed by atoms with Crippen LogP contribution in [0, 0.1) is 5.82 Å². The van der Waals surface area contributed by atoms with Gasteiger partial charge in [0.1, 0.15) is 16.5 Å². The lowest BCUT2D eigenvalue weighted by Gasteiger charge is -2.35. The summed E-state index contributed by atoms with van der Waals surface area (Å²) in [6.45, 7) is 0.573. The minimum absolute atomic E-state index is 0.0639. The Morgan fingerprint density at radius 3 is 2.24 bits per heavy atom. The van der Waals surface area contributed by atoms with Gasteiger partial charge < -0.3 is 9.80 Å². The van der Waals surface area contributed by atoms with Gasteiger partial charge in [-0.25, -0.2) is 9.37 Å². The van der Waals surface area contributed by atoms with Crippen LogP contribution in [0.25, 0.3) is 0 Å². The average Bonchev–Trinajstić information content (AvgIpc) is 2.66. The fourth-order valence-electron chi connectivity index (χ4n) is 2.96. The molecule has 12 heteroatoms. The number of benzene rings is 1. The van der Waals surface area contributed by atoms with Crippen LogP contribution in [-0.2, 0) is 16.3 Å². The molecule has 2 heterocycles. The van der Waals surface area contributed by atoms with Gasteiger partial charge in [0.25, 0.3) is 16.0 Å². The van der Waals surface area contributed by atoms with Crippen molar-refractivity contribution in [3.05, 3.63) is 53.5 Å². The maximum absolute atomic E-state index is 13.4. The highest BCUT2D eigenvalue weighted by Crippen LogP contribution is 2.33. The number of anilines is 1. The first-order chi connectivity index (χ1) is 13.5. The van der Waals surface area contributed by atoms with Crippen LogP contribution in [0.3, 0.4) is 0 Å². The summed E-state index contributed by atoms with van der Waals surface area (Å²) in [6, 6.07) is 4.30. The van der Waals surface area contributed by atoms with Crippen LogP contribution in [0.1, 0.15) is 15.9 Å². The summed E-state index contributed by atoms with van der Waals surface area (Å²) < 4.78 is 83.9. The summed E-state index contributed by atoms with van der Waals surface area (Å²) in [4.78, 5) is 19.0. The van der Waals surface area contributed by atoms with E-state index in [1.807, 2.05) is 0 Å². The third-order valence-corrected chi connectivity index (χ3v) is 5.26. The highest BCUT2D eigenvalue weighted by atomic mass is 32.2. The van der Waals surface area contributed by atoms with Crippen molar-refractivity contribution in [2.24, 2.45) is 0 Å². The molecule has 2 aromatic rings. The lowest BCUT2D eigenvalue weighted by molar-refractivity contribution is -0.138. The van der Waals surface area contributed by atoms with Crippen LogP contribution in [0.4, 0.5) is 23.4 Å². The average molecular weight is 433 g/mol. The number of carbonyl (C=O) groups excluding carboxylic acids is 1. The first-order valence-corrected chi connectivity index (χ1v) is 9.75. The van der Waals surface area contributed by atoms with Gasteiger partial charge in [0.15, 0.2) is 0 Å². The Balaban J connectivity index is 1.73. The molecule has 1 aromatic heterocycles. The van der Waals surface area contributed by atoms with Gasteiger partial charge in [-0.05, 0) is 30.3 Å². The van der Waals surface area contributed by atoms with Gasteiger partial charge in [0.2, 0.25) is 0 Å². The third kappa shape index (κ3) is 4.65. The Labute approximate surface area is 163 Å². The first kappa shape index (κ1) is 21.0. The van der Waals surface area contributed by atoms with Crippen LogP contribution < -0.4 is 4.90 Å². The fourth-order valence-corrected chi connectivity index (χ4v) is 3.39. The zero-order valence-electron chi connectivity index (χ0n) is 14.7. The Morgan fingerprint density at radius 1 is 1.07 bits per heavy atom. The molecule has 7 nitrogen and oxygen atoms in total. The highest BCUT2D eigenvalue weighted by molar-refractivity contribution is 7.85. The molecule has 0 aliphatic carbocycles. The molecule has 0 bridgehead atoms. The minimum atomic E-state index is -4.79. The number of rotatable bonds is 3. The number of pyridine rings is 1. The van der Waals surface area contributed by atoms with E-state index in [2.05, 4.69) is 4.98 Å². The zero-order valence-corrected chi connectivity index (χ0v) is 15.5. The van der Waals surface area contributed by atoms with Gasteiger partial charge in [-0.1, -0.05) is 0 Å². The Bertz CT molecular complexity index is 1020. The lowest BCUT2D eigenvalue weighted by Crippen LogP contribution is -2.49. The molecule has 0 saturated carbocycles. The van der Waals surface area contributed by atoms with E-state index in [1.165, 1.54) is 11.0 Å². The topological polar surface area (TPSA) is 90.8 Å². The van der Waals surface area contributed by atoms with Crippen molar-refractivity contribution in [3.63, 3.8) is 0 Å². The van der Waals surface area contributed by atoms with Crippen molar-refractivity contribution in [2.75, 3.05) is 31.1 Å². The van der Waals surface area contributed by atoms with Crippen molar-refractivity contribution in [1.29, 1.82) is 0 Å². The standard InChI is InChI=1S/C17H15F4N3O4S/c18-11-1-3-14(17(19,20)21)13(9-11)16(25)24-7-5-23(6-8-24)15-4-2-12(10-22-15)29(26,27)28/h1-4,9-10H,5-8H2,(H,26,27,28). The van der Waals surface area contributed by atoms with E-state index in [9.17, 15) is 30.8 Å². The Hall–Kier alpha value is -2.73. The molecule has 1 amide bonds. The van der Waals surface area contributed by atoms with Crippen molar-refractivity contribution in [3.8, 4) is 0 Å². The maximum atomic E-state index is 13.4. The predicted octanol–water partition coefficient (Wildman–Crippen LogP) is 2.45.